The number of nitrogens with two attached hydrogens (primary N) is 1. The van der Waals surface area contributed by atoms with Gasteiger partial charge in [-0.25, -0.2) is 0 Å². The van der Waals surface area contributed by atoms with E-state index in [-0.39, 0.29) is 17.6 Å². The molecule has 1 aromatic heterocycles. The van der Waals surface area contributed by atoms with Crippen molar-refractivity contribution in [2.24, 2.45) is 5.73 Å². The molecule has 0 radical (unpaired) electrons. The van der Waals surface area contributed by atoms with Crippen LogP contribution in [0, 0.1) is 5.41 Å². The van der Waals surface area contributed by atoms with Gasteiger partial charge in [0.15, 0.2) is 5.17 Å². The number of para-hydroxylation sites is 1. The first-order valence-corrected chi connectivity index (χ1v) is 5.18. The summed E-state index contributed by atoms with van der Waals surface area (Å²) in [6, 6.07) is 9.82. The maximum absolute atomic E-state index is 7.08. The van der Waals surface area contributed by atoms with E-state index in [4.69, 9.17) is 15.6 Å². The number of fused-ring (bicyclic) bond motifs is 1. The van der Waals surface area contributed by atoms with Crippen LogP contribution in [0.3, 0.4) is 0 Å². The molecule has 1 aromatic carbocycles. The van der Waals surface area contributed by atoms with Crippen molar-refractivity contribution in [3.05, 3.63) is 36.1 Å². The van der Waals surface area contributed by atoms with Crippen molar-refractivity contribution in [3.8, 4) is 0 Å². The minimum Gasteiger partial charge on any atom is -0.460 e. The Kier molecular flexibility index (Phi) is 4.05. The van der Waals surface area contributed by atoms with Gasteiger partial charge in [-0.3, -0.25) is 5.41 Å². The predicted octanol–water partition coefficient (Wildman–Crippen LogP) is 2.98. The van der Waals surface area contributed by atoms with Gasteiger partial charge in [0.2, 0.25) is 0 Å². The van der Waals surface area contributed by atoms with E-state index in [2.05, 4.69) is 0 Å². The van der Waals surface area contributed by atoms with Crippen LogP contribution in [0.25, 0.3) is 11.0 Å². The fourth-order valence-electron chi connectivity index (χ4n) is 1.26. The van der Waals surface area contributed by atoms with Crippen LogP contribution < -0.4 is 5.73 Å². The molecule has 1 heterocycles. The van der Waals surface area contributed by atoms with Crippen molar-refractivity contribution in [3.63, 3.8) is 0 Å². The molecular formula is C10H11ClN2OS. The Morgan fingerprint density at radius 2 is 2.13 bits per heavy atom. The summed E-state index contributed by atoms with van der Waals surface area (Å²) in [4.78, 5) is 0. The Balaban J connectivity index is 0.00000112. The number of hydrogen-bond donors (Lipinski definition) is 2. The van der Waals surface area contributed by atoms with Gasteiger partial charge in [-0.05, 0) is 12.1 Å². The summed E-state index contributed by atoms with van der Waals surface area (Å²) in [5.74, 6) is 1.47. The molecule has 3 nitrogen and oxygen atoms in total. The molecule has 0 saturated heterocycles. The number of amidine groups is 1. The minimum atomic E-state index is 0. The molecular weight excluding hydrogens is 232 g/mol. The molecule has 0 fully saturated rings. The maximum atomic E-state index is 7.08. The summed E-state index contributed by atoms with van der Waals surface area (Å²) in [7, 11) is 0. The van der Waals surface area contributed by atoms with Crippen molar-refractivity contribution >= 4 is 40.3 Å². The lowest BCUT2D eigenvalue weighted by molar-refractivity contribution is 0.574. The third-order valence-electron chi connectivity index (χ3n) is 1.85. The van der Waals surface area contributed by atoms with Crippen LogP contribution in [-0.2, 0) is 5.75 Å². The lowest BCUT2D eigenvalue weighted by Crippen LogP contribution is -2.03. The van der Waals surface area contributed by atoms with Gasteiger partial charge in [0, 0.05) is 5.39 Å². The molecule has 0 bridgehead atoms. The highest BCUT2D eigenvalue weighted by atomic mass is 35.5. The molecule has 0 atom stereocenters. The van der Waals surface area contributed by atoms with Gasteiger partial charge in [-0.2, -0.15) is 0 Å². The summed E-state index contributed by atoms with van der Waals surface area (Å²) < 4.78 is 5.55. The fourth-order valence-corrected chi connectivity index (χ4v) is 1.70. The quantitative estimate of drug-likeness (QED) is 0.629. The molecule has 15 heavy (non-hydrogen) atoms. The molecule has 0 spiro atoms. The van der Waals surface area contributed by atoms with Crippen LogP contribution in [0.15, 0.2) is 34.7 Å². The number of benzene rings is 1. The van der Waals surface area contributed by atoms with E-state index in [1.165, 1.54) is 11.8 Å². The molecule has 0 amide bonds. The molecule has 2 rings (SSSR count). The zero-order chi connectivity index (χ0) is 9.97. The Bertz CT molecular complexity index is 436. The lowest BCUT2D eigenvalue weighted by Gasteiger charge is -1.93. The SMILES string of the molecule is Cl.N=C(N)SCc1cc2ccccc2o1. The second kappa shape index (κ2) is 5.09. The molecule has 0 aliphatic rings. The van der Waals surface area contributed by atoms with Gasteiger partial charge in [-0.15, -0.1) is 12.4 Å². The van der Waals surface area contributed by atoms with Crippen LogP contribution in [0.1, 0.15) is 5.76 Å². The lowest BCUT2D eigenvalue weighted by atomic mass is 10.2. The van der Waals surface area contributed by atoms with Crippen LogP contribution in [0.4, 0.5) is 0 Å². The van der Waals surface area contributed by atoms with E-state index in [0.717, 1.165) is 16.7 Å². The first-order valence-electron chi connectivity index (χ1n) is 4.20. The molecule has 0 saturated carbocycles. The Morgan fingerprint density at radius 1 is 1.40 bits per heavy atom. The van der Waals surface area contributed by atoms with Crippen LogP contribution in [0.5, 0.6) is 0 Å². The second-order valence-electron chi connectivity index (χ2n) is 2.90. The number of rotatable bonds is 2. The van der Waals surface area contributed by atoms with E-state index in [1.807, 2.05) is 30.3 Å². The third-order valence-corrected chi connectivity index (χ3v) is 2.59. The predicted molar refractivity (Wildman–Crippen MR) is 66.7 cm³/mol. The zero-order valence-corrected chi connectivity index (χ0v) is 9.53. The molecule has 0 unspecified atom stereocenters. The molecule has 2 aromatic rings. The normalized spacial score (nSPS) is 9.87. The third kappa shape index (κ3) is 2.91. The number of hydrogen-bond acceptors (Lipinski definition) is 3. The minimum absolute atomic E-state index is 0. The number of thioether (sulfide) groups is 1. The standard InChI is InChI=1S/C10H10N2OS.ClH/c11-10(12)14-6-8-5-7-3-1-2-4-9(7)13-8;/h1-5H,6H2,(H3,11,12);1H. The largest absolute Gasteiger partial charge is 0.460 e. The Morgan fingerprint density at radius 3 is 2.80 bits per heavy atom. The van der Waals surface area contributed by atoms with Gasteiger partial charge in [0.1, 0.15) is 11.3 Å². The van der Waals surface area contributed by atoms with Gasteiger partial charge >= 0.3 is 0 Å². The average molecular weight is 243 g/mol. The van der Waals surface area contributed by atoms with Gasteiger partial charge in [0.05, 0.1) is 5.75 Å². The van der Waals surface area contributed by atoms with Gasteiger partial charge in [0.25, 0.3) is 0 Å². The highest BCUT2D eigenvalue weighted by Crippen LogP contribution is 2.21. The van der Waals surface area contributed by atoms with Crippen LogP contribution in [0.2, 0.25) is 0 Å². The van der Waals surface area contributed by atoms with E-state index in [9.17, 15) is 0 Å². The molecule has 3 N–H and O–H groups in total. The van der Waals surface area contributed by atoms with Crippen LogP contribution in [-0.4, -0.2) is 5.17 Å². The topological polar surface area (TPSA) is 63.0 Å². The first kappa shape index (κ1) is 11.9. The summed E-state index contributed by atoms with van der Waals surface area (Å²) >= 11 is 1.27. The van der Waals surface area contributed by atoms with E-state index in [1.54, 1.807) is 0 Å². The van der Waals surface area contributed by atoms with Crippen molar-refractivity contribution in [2.75, 3.05) is 0 Å². The highest BCUT2D eigenvalue weighted by molar-refractivity contribution is 8.13. The van der Waals surface area contributed by atoms with E-state index in [0.29, 0.717) is 5.75 Å². The number of halogens is 1. The Labute approximate surface area is 97.9 Å². The van der Waals surface area contributed by atoms with Crippen molar-refractivity contribution in [1.82, 2.24) is 0 Å². The summed E-state index contributed by atoms with van der Waals surface area (Å²) in [5.41, 5.74) is 6.12. The number of nitrogens with one attached hydrogen (secondary N) is 1. The smallest absolute Gasteiger partial charge is 0.151 e. The van der Waals surface area contributed by atoms with E-state index >= 15 is 0 Å². The van der Waals surface area contributed by atoms with Crippen molar-refractivity contribution in [1.29, 1.82) is 5.41 Å². The second-order valence-corrected chi connectivity index (χ2v) is 3.92. The summed E-state index contributed by atoms with van der Waals surface area (Å²) in [5, 5.41) is 8.28. The van der Waals surface area contributed by atoms with Gasteiger partial charge < -0.3 is 10.2 Å². The van der Waals surface area contributed by atoms with Crippen molar-refractivity contribution in [2.45, 2.75) is 5.75 Å². The average Bonchev–Trinajstić information content (AvgIpc) is 2.57. The first-order chi connectivity index (χ1) is 6.75. The molecule has 0 aliphatic heterocycles. The fraction of sp³-hybridized carbons (Fsp3) is 0.100. The Hall–Kier alpha value is -1.13. The monoisotopic (exact) mass is 242 g/mol. The van der Waals surface area contributed by atoms with Crippen molar-refractivity contribution < 1.29 is 4.42 Å². The highest BCUT2D eigenvalue weighted by Gasteiger charge is 2.03. The molecule has 5 heteroatoms. The van der Waals surface area contributed by atoms with Crippen LogP contribution >= 0.6 is 24.2 Å². The zero-order valence-electron chi connectivity index (χ0n) is 7.90. The molecule has 80 valence electrons. The van der Waals surface area contributed by atoms with E-state index < -0.39 is 0 Å². The van der Waals surface area contributed by atoms with Gasteiger partial charge in [-0.1, -0.05) is 30.0 Å². The summed E-state index contributed by atoms with van der Waals surface area (Å²) in [6.07, 6.45) is 0. The molecule has 0 aliphatic carbocycles. The number of furan rings is 1. The summed E-state index contributed by atoms with van der Waals surface area (Å²) in [6.45, 7) is 0. The maximum Gasteiger partial charge on any atom is 0.151 e.